The zero-order valence-corrected chi connectivity index (χ0v) is 15.9. The van der Waals surface area contributed by atoms with Crippen LogP contribution in [0, 0.1) is 5.92 Å². The molecule has 140 valence electrons. The molecule has 3 N–H and O–H groups in total. The zero-order valence-electron chi connectivity index (χ0n) is 15.1. The Morgan fingerprint density at radius 2 is 1.58 bits per heavy atom. The molecule has 0 bridgehead atoms. The van der Waals surface area contributed by atoms with E-state index in [0.717, 1.165) is 12.7 Å². The fourth-order valence-corrected chi connectivity index (χ4v) is 2.87. The van der Waals surface area contributed by atoms with Gasteiger partial charge in [-0.05, 0) is 54.4 Å². The van der Waals surface area contributed by atoms with E-state index in [0.29, 0.717) is 17.2 Å². The Hall–Kier alpha value is -2.38. The largest absolute Gasteiger partial charge is 0.457 e. The fourth-order valence-electron chi connectivity index (χ4n) is 2.24. The Morgan fingerprint density at radius 1 is 1.08 bits per heavy atom. The number of amides is 1. The summed E-state index contributed by atoms with van der Waals surface area (Å²) in [5.74, 6) is 0.978. The second-order valence-electron chi connectivity index (χ2n) is 6.27. The number of hydrogen-bond donors (Lipinski definition) is 2. The van der Waals surface area contributed by atoms with E-state index in [2.05, 4.69) is 5.32 Å². The average molecular weight is 376 g/mol. The summed E-state index contributed by atoms with van der Waals surface area (Å²) in [6, 6.07) is 12.5. The van der Waals surface area contributed by atoms with Crippen LogP contribution < -0.4 is 15.8 Å². The SMILES string of the molecule is CCC(C)C(N)C(=O)Nc1ccc(Oc2ccc(S(C)(=O)=O)cc2)cc1. The van der Waals surface area contributed by atoms with Crippen molar-refractivity contribution < 1.29 is 17.9 Å². The lowest BCUT2D eigenvalue weighted by molar-refractivity contribution is -0.118. The number of anilines is 1. The minimum Gasteiger partial charge on any atom is -0.457 e. The lowest BCUT2D eigenvalue weighted by Gasteiger charge is -2.17. The Bertz CT molecular complexity index is 846. The van der Waals surface area contributed by atoms with Gasteiger partial charge in [0.1, 0.15) is 11.5 Å². The average Bonchev–Trinajstić information content (AvgIpc) is 2.61. The van der Waals surface area contributed by atoms with E-state index < -0.39 is 15.9 Å². The Kier molecular flexibility index (Phi) is 6.39. The standard InChI is InChI=1S/C19H24N2O4S/c1-4-13(2)18(20)19(22)21-14-5-7-15(8-6-14)25-16-9-11-17(12-10-16)26(3,23)24/h5-13,18H,4,20H2,1-3H3,(H,21,22). The first-order chi connectivity index (χ1) is 12.2. The number of carbonyl (C=O) groups excluding carboxylic acids is 1. The second-order valence-corrected chi connectivity index (χ2v) is 8.29. The van der Waals surface area contributed by atoms with E-state index in [4.69, 9.17) is 10.5 Å². The highest BCUT2D eigenvalue weighted by molar-refractivity contribution is 7.90. The molecule has 26 heavy (non-hydrogen) atoms. The van der Waals surface area contributed by atoms with Gasteiger partial charge in [0.2, 0.25) is 5.91 Å². The molecule has 0 saturated heterocycles. The van der Waals surface area contributed by atoms with Crippen molar-refractivity contribution in [3.63, 3.8) is 0 Å². The lowest BCUT2D eigenvalue weighted by atomic mass is 9.99. The summed E-state index contributed by atoms with van der Waals surface area (Å²) in [5, 5.41) is 2.79. The van der Waals surface area contributed by atoms with Gasteiger partial charge in [-0.1, -0.05) is 20.3 Å². The monoisotopic (exact) mass is 376 g/mol. The summed E-state index contributed by atoms with van der Waals surface area (Å²) in [6.07, 6.45) is 1.99. The number of carbonyl (C=O) groups is 1. The summed E-state index contributed by atoms with van der Waals surface area (Å²) in [4.78, 5) is 12.3. The molecule has 6 nitrogen and oxygen atoms in total. The predicted molar refractivity (Wildman–Crippen MR) is 102 cm³/mol. The molecule has 0 heterocycles. The van der Waals surface area contributed by atoms with Gasteiger partial charge in [-0.3, -0.25) is 4.79 Å². The van der Waals surface area contributed by atoms with Crippen molar-refractivity contribution in [1.29, 1.82) is 0 Å². The van der Waals surface area contributed by atoms with E-state index >= 15 is 0 Å². The molecule has 0 aliphatic heterocycles. The number of ether oxygens (including phenoxy) is 1. The van der Waals surface area contributed by atoms with Crippen LogP contribution in [0.3, 0.4) is 0 Å². The zero-order chi connectivity index (χ0) is 19.3. The maximum atomic E-state index is 12.1. The van der Waals surface area contributed by atoms with Crippen molar-refractivity contribution in [2.24, 2.45) is 11.7 Å². The van der Waals surface area contributed by atoms with Crippen LogP contribution in [-0.2, 0) is 14.6 Å². The number of nitrogens with one attached hydrogen (secondary N) is 1. The molecule has 7 heteroatoms. The quantitative estimate of drug-likeness (QED) is 0.773. The van der Waals surface area contributed by atoms with Crippen LogP contribution in [0.25, 0.3) is 0 Å². The third-order valence-corrected chi connectivity index (χ3v) is 5.30. The van der Waals surface area contributed by atoms with Gasteiger partial charge < -0.3 is 15.8 Å². The van der Waals surface area contributed by atoms with Gasteiger partial charge in [0.25, 0.3) is 0 Å². The van der Waals surface area contributed by atoms with Crippen LogP contribution in [-0.4, -0.2) is 26.6 Å². The highest BCUT2D eigenvalue weighted by Gasteiger charge is 2.19. The smallest absolute Gasteiger partial charge is 0.241 e. The topological polar surface area (TPSA) is 98.5 Å². The number of benzene rings is 2. The number of nitrogens with two attached hydrogens (primary N) is 1. The molecule has 2 aromatic carbocycles. The normalized spacial score (nSPS) is 13.7. The van der Waals surface area contributed by atoms with E-state index in [1.54, 1.807) is 36.4 Å². The van der Waals surface area contributed by atoms with E-state index in [-0.39, 0.29) is 16.7 Å². The van der Waals surface area contributed by atoms with Crippen molar-refractivity contribution >= 4 is 21.4 Å². The highest BCUT2D eigenvalue weighted by Crippen LogP contribution is 2.24. The van der Waals surface area contributed by atoms with Gasteiger partial charge in [-0.15, -0.1) is 0 Å². The molecular formula is C19H24N2O4S. The van der Waals surface area contributed by atoms with Gasteiger partial charge in [-0.25, -0.2) is 8.42 Å². The van der Waals surface area contributed by atoms with E-state index in [9.17, 15) is 13.2 Å². The van der Waals surface area contributed by atoms with Gasteiger partial charge in [-0.2, -0.15) is 0 Å². The number of sulfone groups is 1. The molecule has 0 aromatic heterocycles. The van der Waals surface area contributed by atoms with Crippen LogP contribution in [0.15, 0.2) is 53.4 Å². The van der Waals surface area contributed by atoms with Crippen molar-refractivity contribution in [2.45, 2.75) is 31.2 Å². The maximum absolute atomic E-state index is 12.1. The first kappa shape index (κ1) is 19.9. The fraction of sp³-hybridized carbons (Fsp3) is 0.316. The molecule has 0 radical (unpaired) electrons. The molecule has 2 unspecified atom stereocenters. The van der Waals surface area contributed by atoms with Crippen molar-refractivity contribution in [3.8, 4) is 11.5 Å². The van der Waals surface area contributed by atoms with Crippen molar-refractivity contribution in [3.05, 3.63) is 48.5 Å². The van der Waals surface area contributed by atoms with Gasteiger partial charge in [0.15, 0.2) is 9.84 Å². The molecule has 0 spiro atoms. The molecular weight excluding hydrogens is 352 g/mol. The second kappa shape index (κ2) is 8.33. The van der Waals surface area contributed by atoms with Crippen LogP contribution in [0.1, 0.15) is 20.3 Å². The summed E-state index contributed by atoms with van der Waals surface area (Å²) in [5.41, 5.74) is 6.55. The third-order valence-electron chi connectivity index (χ3n) is 4.17. The van der Waals surface area contributed by atoms with Gasteiger partial charge >= 0.3 is 0 Å². The summed E-state index contributed by atoms with van der Waals surface area (Å²) in [7, 11) is -3.23. The first-order valence-electron chi connectivity index (χ1n) is 8.35. The van der Waals surface area contributed by atoms with Crippen molar-refractivity contribution in [2.75, 3.05) is 11.6 Å². The highest BCUT2D eigenvalue weighted by atomic mass is 32.2. The molecule has 0 aliphatic carbocycles. The summed E-state index contributed by atoms with van der Waals surface area (Å²) < 4.78 is 28.6. The summed E-state index contributed by atoms with van der Waals surface area (Å²) in [6.45, 7) is 3.93. The third kappa shape index (κ3) is 5.31. The first-order valence-corrected chi connectivity index (χ1v) is 10.2. The minimum atomic E-state index is -3.23. The molecule has 2 rings (SSSR count). The molecule has 0 saturated carbocycles. The number of hydrogen-bond acceptors (Lipinski definition) is 5. The maximum Gasteiger partial charge on any atom is 0.241 e. The summed E-state index contributed by atoms with van der Waals surface area (Å²) >= 11 is 0. The van der Waals surface area contributed by atoms with Crippen LogP contribution >= 0.6 is 0 Å². The molecule has 2 atom stereocenters. The lowest BCUT2D eigenvalue weighted by Crippen LogP contribution is -2.40. The molecule has 0 fully saturated rings. The minimum absolute atomic E-state index is 0.104. The van der Waals surface area contributed by atoms with E-state index in [1.165, 1.54) is 12.1 Å². The Morgan fingerprint density at radius 3 is 2.04 bits per heavy atom. The van der Waals surface area contributed by atoms with Gasteiger partial charge in [0.05, 0.1) is 10.9 Å². The van der Waals surface area contributed by atoms with Gasteiger partial charge in [0, 0.05) is 11.9 Å². The Balaban J connectivity index is 2.00. The molecule has 0 aliphatic rings. The Labute approximate surface area is 154 Å². The molecule has 1 amide bonds. The molecule has 2 aromatic rings. The predicted octanol–water partition coefficient (Wildman–Crippen LogP) is 3.19. The number of rotatable bonds is 7. The van der Waals surface area contributed by atoms with E-state index in [1.807, 2.05) is 13.8 Å². The van der Waals surface area contributed by atoms with Crippen LogP contribution in [0.2, 0.25) is 0 Å². The van der Waals surface area contributed by atoms with Crippen LogP contribution in [0.5, 0.6) is 11.5 Å². The van der Waals surface area contributed by atoms with Crippen LogP contribution in [0.4, 0.5) is 5.69 Å². The van der Waals surface area contributed by atoms with Crippen molar-refractivity contribution in [1.82, 2.24) is 0 Å².